The van der Waals surface area contributed by atoms with Crippen LogP contribution in [0.1, 0.15) is 39.4 Å². The van der Waals surface area contributed by atoms with Gasteiger partial charge in [0.1, 0.15) is 11.6 Å². The minimum Gasteiger partial charge on any atom is -0.352 e. The highest BCUT2D eigenvalue weighted by molar-refractivity contribution is 5.94. The van der Waals surface area contributed by atoms with Gasteiger partial charge in [0.25, 0.3) is 5.91 Å². The smallest absolute Gasteiger partial charge is 0.251 e. The number of carbonyl (C=O) groups is 1. The molecule has 28 heavy (non-hydrogen) atoms. The lowest BCUT2D eigenvalue weighted by molar-refractivity contribution is 0.0952. The number of hydrogen-bond donors (Lipinski definition) is 1. The van der Waals surface area contributed by atoms with Crippen LogP contribution < -0.4 is 5.32 Å². The van der Waals surface area contributed by atoms with Crippen LogP contribution in [0.15, 0.2) is 72.8 Å². The summed E-state index contributed by atoms with van der Waals surface area (Å²) >= 11 is 0. The van der Waals surface area contributed by atoms with Gasteiger partial charge >= 0.3 is 0 Å². The summed E-state index contributed by atoms with van der Waals surface area (Å²) in [5, 5.41) is 11.6. The summed E-state index contributed by atoms with van der Waals surface area (Å²) in [5.41, 5.74) is 2.37. The maximum absolute atomic E-state index is 13.7. The summed E-state index contributed by atoms with van der Waals surface area (Å²) in [7, 11) is 0. The lowest BCUT2D eigenvalue weighted by Crippen LogP contribution is -2.25. The predicted molar refractivity (Wildman–Crippen MR) is 103 cm³/mol. The first-order valence-corrected chi connectivity index (χ1v) is 8.86. The van der Waals surface area contributed by atoms with Gasteiger partial charge in [0, 0.05) is 18.0 Å². The number of nitrogens with zero attached hydrogens (tertiary/aromatic N) is 1. The molecule has 0 spiro atoms. The molecule has 0 radical (unpaired) electrons. The van der Waals surface area contributed by atoms with Crippen molar-refractivity contribution in [3.05, 3.63) is 107 Å². The van der Waals surface area contributed by atoms with E-state index in [9.17, 15) is 13.6 Å². The van der Waals surface area contributed by atoms with E-state index in [2.05, 4.69) is 5.32 Å². The quantitative estimate of drug-likeness (QED) is 0.673. The zero-order valence-corrected chi connectivity index (χ0v) is 15.0. The second-order valence-electron chi connectivity index (χ2n) is 6.40. The van der Waals surface area contributed by atoms with Crippen LogP contribution in [0, 0.1) is 23.0 Å². The van der Waals surface area contributed by atoms with Gasteiger partial charge in [-0.15, -0.1) is 0 Å². The van der Waals surface area contributed by atoms with Crippen LogP contribution in [0.2, 0.25) is 0 Å². The van der Waals surface area contributed by atoms with E-state index < -0.39 is 0 Å². The van der Waals surface area contributed by atoms with E-state index in [0.29, 0.717) is 24.1 Å². The third-order valence-electron chi connectivity index (χ3n) is 4.50. The van der Waals surface area contributed by atoms with Crippen LogP contribution in [0.5, 0.6) is 0 Å². The molecule has 140 valence electrons. The van der Waals surface area contributed by atoms with Gasteiger partial charge < -0.3 is 5.32 Å². The SMILES string of the molecule is N#Cc1ccc(C(=O)NCCC(c2cccc(F)c2)c2cccc(F)c2)cc1. The Kier molecular flexibility index (Phi) is 6.13. The van der Waals surface area contributed by atoms with Crippen LogP contribution in [-0.2, 0) is 0 Å². The van der Waals surface area contributed by atoms with Crippen molar-refractivity contribution in [1.82, 2.24) is 5.32 Å². The lowest BCUT2D eigenvalue weighted by Gasteiger charge is -2.19. The van der Waals surface area contributed by atoms with Crippen molar-refractivity contribution in [1.29, 1.82) is 5.26 Å². The lowest BCUT2D eigenvalue weighted by atomic mass is 9.88. The average molecular weight is 376 g/mol. The fraction of sp³-hybridized carbons (Fsp3) is 0.130. The van der Waals surface area contributed by atoms with Crippen molar-refractivity contribution in [3.8, 4) is 6.07 Å². The van der Waals surface area contributed by atoms with Crippen molar-refractivity contribution in [2.45, 2.75) is 12.3 Å². The molecule has 0 heterocycles. The van der Waals surface area contributed by atoms with Crippen LogP contribution >= 0.6 is 0 Å². The van der Waals surface area contributed by atoms with Gasteiger partial charge in [-0.3, -0.25) is 4.79 Å². The fourth-order valence-corrected chi connectivity index (χ4v) is 3.10. The number of carbonyl (C=O) groups excluding carboxylic acids is 1. The molecule has 5 heteroatoms. The molecule has 0 aromatic heterocycles. The highest BCUT2D eigenvalue weighted by Gasteiger charge is 2.16. The van der Waals surface area contributed by atoms with Crippen LogP contribution in [0.3, 0.4) is 0 Å². The van der Waals surface area contributed by atoms with Gasteiger partial charge in [0.15, 0.2) is 0 Å². The Morgan fingerprint density at radius 3 is 2.00 bits per heavy atom. The minimum atomic E-state index is -0.361. The van der Waals surface area contributed by atoms with Crippen molar-refractivity contribution < 1.29 is 13.6 Å². The molecule has 0 bridgehead atoms. The predicted octanol–water partition coefficient (Wildman–Crippen LogP) is 4.79. The van der Waals surface area contributed by atoms with E-state index in [1.165, 1.54) is 24.3 Å². The second kappa shape index (κ2) is 8.92. The molecule has 0 saturated heterocycles. The number of halogens is 2. The van der Waals surface area contributed by atoms with E-state index in [0.717, 1.165) is 11.1 Å². The summed E-state index contributed by atoms with van der Waals surface area (Å²) in [5.74, 6) is -1.24. The third-order valence-corrected chi connectivity index (χ3v) is 4.50. The molecule has 3 aromatic rings. The standard InChI is InChI=1S/C23H18F2N2O/c24-20-5-1-3-18(13-20)22(19-4-2-6-21(25)14-19)11-12-27-23(28)17-9-7-16(15-26)8-10-17/h1-10,13-14,22H,11-12H2,(H,27,28). The van der Waals surface area contributed by atoms with Gasteiger partial charge in [-0.05, 0) is 66.1 Å². The molecule has 0 aliphatic rings. The van der Waals surface area contributed by atoms with Gasteiger partial charge in [-0.1, -0.05) is 24.3 Å². The van der Waals surface area contributed by atoms with Crippen molar-refractivity contribution in [2.24, 2.45) is 0 Å². The molecule has 1 amide bonds. The zero-order chi connectivity index (χ0) is 19.9. The maximum atomic E-state index is 13.7. The summed E-state index contributed by atoms with van der Waals surface area (Å²) < 4.78 is 27.4. The first-order valence-electron chi connectivity index (χ1n) is 8.86. The van der Waals surface area contributed by atoms with E-state index in [1.807, 2.05) is 6.07 Å². The Labute approximate surface area is 162 Å². The number of benzene rings is 3. The van der Waals surface area contributed by atoms with E-state index in [1.54, 1.807) is 48.5 Å². The molecule has 0 unspecified atom stereocenters. The van der Waals surface area contributed by atoms with E-state index in [4.69, 9.17) is 5.26 Å². The molecular weight excluding hydrogens is 358 g/mol. The summed E-state index contributed by atoms with van der Waals surface area (Å²) in [6, 6.07) is 20.7. The molecule has 3 rings (SSSR count). The summed E-state index contributed by atoms with van der Waals surface area (Å²) in [4.78, 5) is 12.3. The molecular formula is C23H18F2N2O. The van der Waals surface area contributed by atoms with Crippen LogP contribution in [0.4, 0.5) is 8.78 Å². The largest absolute Gasteiger partial charge is 0.352 e. The molecule has 3 nitrogen and oxygen atoms in total. The normalized spacial score (nSPS) is 10.5. The zero-order valence-electron chi connectivity index (χ0n) is 15.0. The summed E-state index contributed by atoms with van der Waals surface area (Å²) in [6.45, 7) is 0.330. The first kappa shape index (κ1) is 19.2. The van der Waals surface area contributed by atoms with E-state index >= 15 is 0 Å². The average Bonchev–Trinajstić information content (AvgIpc) is 2.71. The van der Waals surface area contributed by atoms with Gasteiger partial charge in [-0.2, -0.15) is 5.26 Å². The third kappa shape index (κ3) is 4.80. The molecule has 0 saturated carbocycles. The molecule has 0 aliphatic carbocycles. The number of rotatable bonds is 6. The van der Waals surface area contributed by atoms with Gasteiger partial charge in [-0.25, -0.2) is 8.78 Å². The fourth-order valence-electron chi connectivity index (χ4n) is 3.10. The topological polar surface area (TPSA) is 52.9 Å². The number of hydrogen-bond acceptors (Lipinski definition) is 2. The molecule has 0 atom stereocenters. The Morgan fingerprint density at radius 1 is 0.929 bits per heavy atom. The molecule has 1 N–H and O–H groups in total. The Bertz CT molecular complexity index is 964. The van der Waals surface area contributed by atoms with E-state index in [-0.39, 0.29) is 23.5 Å². The van der Waals surface area contributed by atoms with Crippen LogP contribution in [-0.4, -0.2) is 12.5 Å². The van der Waals surface area contributed by atoms with Crippen molar-refractivity contribution in [3.63, 3.8) is 0 Å². The molecule has 0 aliphatic heterocycles. The molecule has 0 fully saturated rings. The Hall–Kier alpha value is -3.52. The minimum absolute atomic E-state index is 0.257. The maximum Gasteiger partial charge on any atom is 0.251 e. The number of nitriles is 1. The second-order valence-corrected chi connectivity index (χ2v) is 6.40. The summed E-state index contributed by atoms with van der Waals surface area (Å²) in [6.07, 6.45) is 0.481. The first-order chi connectivity index (χ1) is 13.6. The monoisotopic (exact) mass is 376 g/mol. The van der Waals surface area contributed by atoms with Gasteiger partial charge in [0.05, 0.1) is 11.6 Å². The number of amides is 1. The molecule has 3 aromatic carbocycles. The highest BCUT2D eigenvalue weighted by atomic mass is 19.1. The Balaban J connectivity index is 1.73. The van der Waals surface area contributed by atoms with Crippen LogP contribution in [0.25, 0.3) is 0 Å². The van der Waals surface area contributed by atoms with Gasteiger partial charge in [0.2, 0.25) is 0 Å². The Morgan fingerprint density at radius 2 is 1.50 bits per heavy atom. The van der Waals surface area contributed by atoms with Crippen molar-refractivity contribution >= 4 is 5.91 Å². The highest BCUT2D eigenvalue weighted by Crippen LogP contribution is 2.28. The van der Waals surface area contributed by atoms with Crippen molar-refractivity contribution in [2.75, 3.05) is 6.54 Å². The number of nitrogens with one attached hydrogen (secondary N) is 1.